The van der Waals surface area contributed by atoms with E-state index < -0.39 is 0 Å². The molecule has 0 bridgehead atoms. The predicted molar refractivity (Wildman–Crippen MR) is 91.6 cm³/mol. The summed E-state index contributed by atoms with van der Waals surface area (Å²) in [6.07, 6.45) is 2.47. The molecule has 0 radical (unpaired) electrons. The van der Waals surface area contributed by atoms with E-state index in [1.54, 1.807) is 6.20 Å². The summed E-state index contributed by atoms with van der Waals surface area (Å²) < 4.78 is 5.51. The molecule has 1 N–H and O–H groups in total. The van der Waals surface area contributed by atoms with Crippen molar-refractivity contribution >= 4 is 5.91 Å². The lowest BCUT2D eigenvalue weighted by Crippen LogP contribution is -2.30. The first-order valence-electron chi connectivity index (χ1n) is 7.85. The van der Waals surface area contributed by atoms with Gasteiger partial charge in [0.15, 0.2) is 6.61 Å². The van der Waals surface area contributed by atoms with E-state index in [9.17, 15) is 4.79 Å². The van der Waals surface area contributed by atoms with Crippen molar-refractivity contribution in [2.24, 2.45) is 0 Å². The molecule has 1 aromatic carbocycles. The Kier molecular flexibility index (Phi) is 5.74. The minimum Gasteiger partial charge on any atom is -0.484 e. The number of aromatic nitrogens is 1. The number of carbonyl (C=O) groups is 1. The molecule has 0 fully saturated rings. The Labute approximate surface area is 137 Å². The lowest BCUT2D eigenvalue weighted by molar-refractivity contribution is -0.123. The molecule has 0 saturated carbocycles. The highest BCUT2D eigenvalue weighted by molar-refractivity contribution is 5.77. The first-order chi connectivity index (χ1) is 10.9. The van der Waals surface area contributed by atoms with Crippen molar-refractivity contribution in [3.8, 4) is 5.75 Å². The van der Waals surface area contributed by atoms with E-state index >= 15 is 0 Å². The molecule has 23 heavy (non-hydrogen) atoms. The van der Waals surface area contributed by atoms with E-state index in [1.165, 1.54) is 5.56 Å². The summed E-state index contributed by atoms with van der Waals surface area (Å²) in [4.78, 5) is 16.0. The van der Waals surface area contributed by atoms with Crippen molar-refractivity contribution in [3.63, 3.8) is 0 Å². The number of carbonyl (C=O) groups excluding carboxylic acids is 1. The molecule has 2 rings (SSSR count). The maximum atomic E-state index is 11.8. The lowest BCUT2D eigenvalue weighted by atomic mass is 9.87. The standard InChI is InChI=1S/C19H24N2O2/c1-19(2,3)15-7-9-17(10-8-15)23-14-18(22)21-13-11-16-6-4-5-12-20-16/h4-10,12H,11,13-14H2,1-3H3,(H,21,22). The molecule has 0 aliphatic carbocycles. The Bertz CT molecular complexity index is 616. The summed E-state index contributed by atoms with van der Waals surface area (Å²) in [6, 6.07) is 13.6. The van der Waals surface area contributed by atoms with Crippen LogP contribution in [0.15, 0.2) is 48.7 Å². The molecular formula is C19H24N2O2. The van der Waals surface area contributed by atoms with Crippen LogP contribution in [0.2, 0.25) is 0 Å². The minimum absolute atomic E-state index is 0.0249. The van der Waals surface area contributed by atoms with Crippen LogP contribution in [0.5, 0.6) is 5.75 Å². The lowest BCUT2D eigenvalue weighted by Gasteiger charge is -2.19. The van der Waals surface area contributed by atoms with Crippen molar-refractivity contribution in [2.75, 3.05) is 13.2 Å². The predicted octanol–water partition coefficient (Wildman–Crippen LogP) is 3.12. The minimum atomic E-state index is -0.124. The van der Waals surface area contributed by atoms with Crippen LogP contribution in [0.4, 0.5) is 0 Å². The molecule has 0 atom stereocenters. The molecule has 4 heteroatoms. The summed E-state index contributed by atoms with van der Waals surface area (Å²) in [6.45, 7) is 7.08. The van der Waals surface area contributed by atoms with Crippen LogP contribution in [0.25, 0.3) is 0 Å². The van der Waals surface area contributed by atoms with Crippen LogP contribution in [-0.4, -0.2) is 24.0 Å². The average Bonchev–Trinajstić information content (AvgIpc) is 2.53. The smallest absolute Gasteiger partial charge is 0.257 e. The summed E-state index contributed by atoms with van der Waals surface area (Å²) in [7, 11) is 0. The second kappa shape index (κ2) is 7.77. The van der Waals surface area contributed by atoms with E-state index in [4.69, 9.17) is 4.74 Å². The third-order valence-corrected chi connectivity index (χ3v) is 3.52. The van der Waals surface area contributed by atoms with Crippen LogP contribution in [0.1, 0.15) is 32.0 Å². The molecule has 2 aromatic rings. The first-order valence-corrected chi connectivity index (χ1v) is 7.85. The third-order valence-electron chi connectivity index (χ3n) is 3.52. The number of hydrogen-bond donors (Lipinski definition) is 1. The van der Waals surface area contributed by atoms with Gasteiger partial charge in [0.1, 0.15) is 5.75 Å². The van der Waals surface area contributed by atoms with Gasteiger partial charge >= 0.3 is 0 Å². The number of hydrogen-bond acceptors (Lipinski definition) is 3. The van der Waals surface area contributed by atoms with E-state index in [0.29, 0.717) is 18.7 Å². The molecule has 1 aromatic heterocycles. The van der Waals surface area contributed by atoms with Gasteiger partial charge in [-0.2, -0.15) is 0 Å². The van der Waals surface area contributed by atoms with Crippen LogP contribution in [0.3, 0.4) is 0 Å². The molecule has 0 aliphatic rings. The maximum absolute atomic E-state index is 11.8. The number of rotatable bonds is 6. The molecule has 4 nitrogen and oxygen atoms in total. The fraction of sp³-hybridized carbons (Fsp3) is 0.368. The number of nitrogens with one attached hydrogen (secondary N) is 1. The summed E-state index contributed by atoms with van der Waals surface area (Å²) in [5.41, 5.74) is 2.32. The molecule has 1 heterocycles. The maximum Gasteiger partial charge on any atom is 0.257 e. The van der Waals surface area contributed by atoms with Crippen LogP contribution >= 0.6 is 0 Å². The largest absolute Gasteiger partial charge is 0.484 e. The Morgan fingerprint density at radius 3 is 2.48 bits per heavy atom. The highest BCUT2D eigenvalue weighted by Gasteiger charge is 2.13. The number of nitrogens with zero attached hydrogens (tertiary/aromatic N) is 1. The van der Waals surface area contributed by atoms with Gasteiger partial charge in [-0.15, -0.1) is 0 Å². The van der Waals surface area contributed by atoms with Crippen LogP contribution < -0.4 is 10.1 Å². The Hall–Kier alpha value is -2.36. The Balaban J connectivity index is 1.72. The molecule has 1 amide bonds. The molecule has 0 saturated heterocycles. The number of pyridine rings is 1. The van der Waals surface area contributed by atoms with Crippen molar-refractivity contribution in [1.29, 1.82) is 0 Å². The number of benzene rings is 1. The van der Waals surface area contributed by atoms with Crippen LogP contribution in [-0.2, 0) is 16.6 Å². The number of ether oxygens (including phenoxy) is 1. The van der Waals surface area contributed by atoms with E-state index in [0.717, 1.165) is 5.69 Å². The highest BCUT2D eigenvalue weighted by atomic mass is 16.5. The highest BCUT2D eigenvalue weighted by Crippen LogP contribution is 2.24. The van der Waals surface area contributed by atoms with Gasteiger partial charge in [-0.3, -0.25) is 9.78 Å². The van der Waals surface area contributed by atoms with Crippen molar-refractivity contribution < 1.29 is 9.53 Å². The van der Waals surface area contributed by atoms with E-state index in [1.807, 2.05) is 42.5 Å². The topological polar surface area (TPSA) is 51.2 Å². The van der Waals surface area contributed by atoms with Crippen molar-refractivity contribution in [1.82, 2.24) is 10.3 Å². The molecule has 0 unspecified atom stereocenters. The van der Waals surface area contributed by atoms with Gasteiger partial charge < -0.3 is 10.1 Å². The van der Waals surface area contributed by atoms with Gasteiger partial charge in [-0.05, 0) is 35.2 Å². The molecular weight excluding hydrogens is 288 g/mol. The average molecular weight is 312 g/mol. The Morgan fingerprint density at radius 1 is 1.13 bits per heavy atom. The molecule has 0 aliphatic heterocycles. The fourth-order valence-corrected chi connectivity index (χ4v) is 2.13. The summed E-state index contributed by atoms with van der Waals surface area (Å²) in [5, 5.41) is 2.83. The van der Waals surface area contributed by atoms with Gasteiger partial charge in [0, 0.05) is 24.9 Å². The molecule has 0 spiro atoms. The van der Waals surface area contributed by atoms with Gasteiger partial charge in [-0.1, -0.05) is 39.0 Å². The normalized spacial score (nSPS) is 11.1. The van der Waals surface area contributed by atoms with Crippen molar-refractivity contribution in [2.45, 2.75) is 32.6 Å². The zero-order valence-electron chi connectivity index (χ0n) is 14.0. The first kappa shape index (κ1) is 17.0. The third kappa shape index (κ3) is 5.74. The Morgan fingerprint density at radius 2 is 1.87 bits per heavy atom. The molecule has 122 valence electrons. The fourth-order valence-electron chi connectivity index (χ4n) is 2.13. The van der Waals surface area contributed by atoms with Gasteiger partial charge in [0.25, 0.3) is 5.91 Å². The summed E-state index contributed by atoms with van der Waals surface area (Å²) >= 11 is 0. The second-order valence-corrected chi connectivity index (χ2v) is 6.48. The monoisotopic (exact) mass is 312 g/mol. The number of amides is 1. The van der Waals surface area contributed by atoms with E-state index in [2.05, 4.69) is 31.1 Å². The van der Waals surface area contributed by atoms with Crippen LogP contribution in [0, 0.1) is 0 Å². The van der Waals surface area contributed by atoms with Gasteiger partial charge in [0.2, 0.25) is 0 Å². The van der Waals surface area contributed by atoms with E-state index in [-0.39, 0.29) is 17.9 Å². The van der Waals surface area contributed by atoms with Gasteiger partial charge in [-0.25, -0.2) is 0 Å². The zero-order chi connectivity index (χ0) is 16.7. The second-order valence-electron chi connectivity index (χ2n) is 6.48. The zero-order valence-corrected chi connectivity index (χ0v) is 14.0. The van der Waals surface area contributed by atoms with Gasteiger partial charge in [0.05, 0.1) is 0 Å². The van der Waals surface area contributed by atoms with Crippen molar-refractivity contribution in [3.05, 3.63) is 59.9 Å². The summed E-state index contributed by atoms with van der Waals surface area (Å²) in [5.74, 6) is 0.582. The quantitative estimate of drug-likeness (QED) is 0.891. The SMILES string of the molecule is CC(C)(C)c1ccc(OCC(=O)NCCc2ccccn2)cc1.